The Labute approximate surface area is 137 Å². The quantitative estimate of drug-likeness (QED) is 0.804. The Bertz CT molecular complexity index is 588. The Morgan fingerprint density at radius 2 is 1.59 bits per heavy atom. The summed E-state index contributed by atoms with van der Waals surface area (Å²) in [5, 5.41) is 3.11. The van der Waals surface area contributed by atoms with Crippen LogP contribution in [0.2, 0.25) is 0 Å². The second-order valence-electron chi connectivity index (χ2n) is 5.18. The molecule has 0 fully saturated rings. The molecule has 0 aliphatic carbocycles. The highest BCUT2D eigenvalue weighted by Crippen LogP contribution is 2.23. The number of amides is 1. The van der Waals surface area contributed by atoms with E-state index >= 15 is 0 Å². The maximum absolute atomic E-state index is 12.2. The third-order valence-electron chi connectivity index (χ3n) is 3.61. The van der Waals surface area contributed by atoms with E-state index in [-0.39, 0.29) is 5.91 Å². The lowest BCUT2D eigenvalue weighted by molar-refractivity contribution is -0.113. The van der Waals surface area contributed by atoms with Crippen molar-refractivity contribution in [3.05, 3.63) is 65.2 Å². The number of aryl methyl sites for hydroxylation is 2. The van der Waals surface area contributed by atoms with Crippen LogP contribution in [0.25, 0.3) is 0 Å². The predicted molar refractivity (Wildman–Crippen MR) is 96.4 cm³/mol. The molecular weight excluding hydrogens is 290 g/mol. The average Bonchev–Trinajstić information content (AvgIpc) is 2.56. The van der Waals surface area contributed by atoms with Gasteiger partial charge in [-0.2, -0.15) is 0 Å². The fourth-order valence-corrected chi connectivity index (χ4v) is 3.20. The second kappa shape index (κ2) is 8.64. The van der Waals surface area contributed by atoms with Crippen LogP contribution in [-0.2, 0) is 23.4 Å². The van der Waals surface area contributed by atoms with E-state index in [4.69, 9.17) is 0 Å². The molecule has 2 aromatic carbocycles. The number of rotatable bonds is 7. The molecule has 0 aliphatic heterocycles. The number of carbonyl (C=O) groups is 1. The number of anilines is 1. The highest BCUT2D eigenvalue weighted by molar-refractivity contribution is 7.99. The van der Waals surface area contributed by atoms with Gasteiger partial charge in [-0.25, -0.2) is 0 Å². The van der Waals surface area contributed by atoms with Gasteiger partial charge in [0.15, 0.2) is 0 Å². The average molecular weight is 313 g/mol. The lowest BCUT2D eigenvalue weighted by atomic mass is 10.0. The van der Waals surface area contributed by atoms with Gasteiger partial charge in [0.1, 0.15) is 0 Å². The first-order chi connectivity index (χ1) is 10.7. The van der Waals surface area contributed by atoms with Crippen LogP contribution >= 0.6 is 11.8 Å². The van der Waals surface area contributed by atoms with Crippen molar-refractivity contribution in [1.82, 2.24) is 0 Å². The van der Waals surface area contributed by atoms with Gasteiger partial charge < -0.3 is 5.32 Å². The van der Waals surface area contributed by atoms with E-state index in [0.29, 0.717) is 5.75 Å². The maximum Gasteiger partial charge on any atom is 0.234 e. The summed E-state index contributed by atoms with van der Waals surface area (Å²) in [5.41, 5.74) is 4.68. The van der Waals surface area contributed by atoms with Crippen LogP contribution in [0.3, 0.4) is 0 Å². The number of carbonyl (C=O) groups excluding carboxylic acids is 1. The highest BCUT2D eigenvalue weighted by Gasteiger charge is 2.10. The third kappa shape index (κ3) is 4.63. The zero-order valence-electron chi connectivity index (χ0n) is 13.3. The first-order valence-corrected chi connectivity index (χ1v) is 8.92. The van der Waals surface area contributed by atoms with Gasteiger partial charge in [0.2, 0.25) is 5.91 Å². The zero-order chi connectivity index (χ0) is 15.8. The zero-order valence-corrected chi connectivity index (χ0v) is 14.1. The van der Waals surface area contributed by atoms with Crippen LogP contribution in [0.4, 0.5) is 5.69 Å². The molecule has 0 spiro atoms. The molecule has 0 aromatic heterocycles. The number of para-hydroxylation sites is 1. The maximum atomic E-state index is 12.2. The van der Waals surface area contributed by atoms with Gasteiger partial charge in [0.25, 0.3) is 0 Å². The molecule has 0 atom stereocenters. The molecule has 3 heteroatoms. The molecular formula is C19H23NOS. The van der Waals surface area contributed by atoms with Crippen molar-refractivity contribution in [2.24, 2.45) is 0 Å². The van der Waals surface area contributed by atoms with E-state index in [9.17, 15) is 4.79 Å². The van der Waals surface area contributed by atoms with Crippen LogP contribution in [0.15, 0.2) is 48.5 Å². The van der Waals surface area contributed by atoms with Crippen LogP contribution in [0.5, 0.6) is 0 Å². The van der Waals surface area contributed by atoms with E-state index in [1.165, 1.54) is 16.7 Å². The molecule has 2 rings (SSSR count). The minimum atomic E-state index is 0.0801. The topological polar surface area (TPSA) is 29.1 Å². The van der Waals surface area contributed by atoms with Crippen molar-refractivity contribution in [2.45, 2.75) is 32.4 Å². The van der Waals surface area contributed by atoms with Gasteiger partial charge in [0, 0.05) is 11.4 Å². The van der Waals surface area contributed by atoms with Crippen LogP contribution < -0.4 is 5.32 Å². The van der Waals surface area contributed by atoms with Crippen LogP contribution in [-0.4, -0.2) is 11.7 Å². The van der Waals surface area contributed by atoms with Crippen molar-refractivity contribution in [3.8, 4) is 0 Å². The highest BCUT2D eigenvalue weighted by atomic mass is 32.2. The largest absolute Gasteiger partial charge is 0.325 e. The molecule has 0 bridgehead atoms. The minimum Gasteiger partial charge on any atom is -0.325 e. The van der Waals surface area contributed by atoms with Gasteiger partial charge >= 0.3 is 0 Å². The molecule has 0 heterocycles. The number of hydrogen-bond acceptors (Lipinski definition) is 2. The van der Waals surface area contributed by atoms with E-state index < -0.39 is 0 Å². The van der Waals surface area contributed by atoms with Crippen molar-refractivity contribution < 1.29 is 4.79 Å². The minimum absolute atomic E-state index is 0.0801. The molecule has 1 amide bonds. The van der Waals surface area contributed by atoms with Gasteiger partial charge in [-0.3, -0.25) is 4.79 Å². The lowest BCUT2D eigenvalue weighted by Gasteiger charge is -2.14. The Morgan fingerprint density at radius 3 is 2.18 bits per heavy atom. The summed E-state index contributed by atoms with van der Waals surface area (Å²) in [7, 11) is 0. The van der Waals surface area contributed by atoms with E-state index in [2.05, 4.69) is 49.5 Å². The first kappa shape index (κ1) is 16.6. The molecule has 2 aromatic rings. The van der Waals surface area contributed by atoms with Crippen molar-refractivity contribution in [1.29, 1.82) is 0 Å². The SMILES string of the molecule is CCc1cccc(CC)c1NC(=O)CSCc1ccccc1. The Balaban J connectivity index is 1.92. The third-order valence-corrected chi connectivity index (χ3v) is 4.61. The van der Waals surface area contributed by atoms with E-state index in [0.717, 1.165) is 24.3 Å². The smallest absolute Gasteiger partial charge is 0.234 e. The monoisotopic (exact) mass is 313 g/mol. The normalized spacial score (nSPS) is 10.5. The Morgan fingerprint density at radius 1 is 0.955 bits per heavy atom. The standard InChI is InChI=1S/C19H23NOS/c1-3-16-11-8-12-17(4-2)19(16)20-18(21)14-22-13-15-9-6-5-7-10-15/h5-12H,3-4,13-14H2,1-2H3,(H,20,21). The molecule has 22 heavy (non-hydrogen) atoms. The molecule has 0 saturated carbocycles. The van der Waals surface area contributed by atoms with Gasteiger partial charge in [-0.1, -0.05) is 62.4 Å². The predicted octanol–water partition coefficient (Wildman–Crippen LogP) is 4.68. The summed E-state index contributed by atoms with van der Waals surface area (Å²) in [5.74, 6) is 1.43. The summed E-state index contributed by atoms with van der Waals surface area (Å²) in [4.78, 5) is 12.2. The molecule has 0 unspecified atom stereocenters. The van der Waals surface area contributed by atoms with Crippen molar-refractivity contribution in [2.75, 3.05) is 11.1 Å². The molecule has 0 saturated heterocycles. The Kier molecular flexibility index (Phi) is 6.53. The van der Waals surface area contributed by atoms with Gasteiger partial charge in [0.05, 0.1) is 5.75 Å². The lowest BCUT2D eigenvalue weighted by Crippen LogP contribution is -2.16. The van der Waals surface area contributed by atoms with Crippen molar-refractivity contribution in [3.63, 3.8) is 0 Å². The first-order valence-electron chi connectivity index (χ1n) is 7.76. The molecule has 0 radical (unpaired) electrons. The number of benzene rings is 2. The van der Waals surface area contributed by atoms with Gasteiger partial charge in [-0.05, 0) is 29.5 Å². The molecule has 1 N–H and O–H groups in total. The fraction of sp³-hybridized carbons (Fsp3) is 0.316. The summed E-state index contributed by atoms with van der Waals surface area (Å²) in [6.45, 7) is 4.24. The summed E-state index contributed by atoms with van der Waals surface area (Å²) in [6, 6.07) is 16.5. The number of hydrogen-bond donors (Lipinski definition) is 1. The van der Waals surface area contributed by atoms with E-state index in [1.54, 1.807) is 11.8 Å². The number of thioether (sulfide) groups is 1. The van der Waals surface area contributed by atoms with E-state index in [1.807, 2.05) is 18.2 Å². The Hall–Kier alpha value is -1.74. The second-order valence-corrected chi connectivity index (χ2v) is 6.17. The van der Waals surface area contributed by atoms with Crippen molar-refractivity contribution >= 4 is 23.4 Å². The summed E-state index contributed by atoms with van der Waals surface area (Å²) < 4.78 is 0. The number of nitrogens with one attached hydrogen (secondary N) is 1. The molecule has 2 nitrogen and oxygen atoms in total. The fourth-order valence-electron chi connectivity index (χ4n) is 2.41. The molecule has 116 valence electrons. The van der Waals surface area contributed by atoms with Crippen LogP contribution in [0, 0.1) is 0 Å². The van der Waals surface area contributed by atoms with Gasteiger partial charge in [-0.15, -0.1) is 11.8 Å². The summed E-state index contributed by atoms with van der Waals surface area (Å²) in [6.07, 6.45) is 1.86. The summed E-state index contributed by atoms with van der Waals surface area (Å²) >= 11 is 1.65. The van der Waals surface area contributed by atoms with Crippen LogP contribution in [0.1, 0.15) is 30.5 Å². The molecule has 0 aliphatic rings.